The summed E-state index contributed by atoms with van der Waals surface area (Å²) >= 11 is 0. The molecule has 0 saturated carbocycles. The van der Waals surface area contributed by atoms with Crippen molar-refractivity contribution in [2.45, 2.75) is 12.8 Å². The van der Waals surface area contributed by atoms with E-state index >= 15 is 0 Å². The lowest BCUT2D eigenvalue weighted by atomic mass is 10.1. The Hall–Kier alpha value is -1.26. The average molecular weight is 251 g/mol. The molecule has 4 heteroatoms. The van der Waals surface area contributed by atoms with Gasteiger partial charge in [-0.3, -0.25) is 4.90 Å². The van der Waals surface area contributed by atoms with E-state index in [-0.39, 0.29) is 5.75 Å². The van der Waals surface area contributed by atoms with Crippen LogP contribution in [0.4, 0.5) is 0 Å². The van der Waals surface area contributed by atoms with Gasteiger partial charge in [0.2, 0.25) is 0 Å². The number of methoxy groups -OCH3 is 1. The van der Waals surface area contributed by atoms with Gasteiger partial charge in [-0.1, -0.05) is 6.07 Å². The van der Waals surface area contributed by atoms with E-state index in [1.54, 1.807) is 13.2 Å². The van der Waals surface area contributed by atoms with Gasteiger partial charge in [0.25, 0.3) is 0 Å². The van der Waals surface area contributed by atoms with Gasteiger partial charge < -0.3 is 14.6 Å². The summed E-state index contributed by atoms with van der Waals surface area (Å²) in [5.41, 5.74) is 1.21. The summed E-state index contributed by atoms with van der Waals surface area (Å²) in [5.74, 6) is 0.758. The van der Waals surface area contributed by atoms with Crippen LogP contribution in [0.15, 0.2) is 18.2 Å². The molecule has 1 aliphatic rings. The Morgan fingerprint density at radius 2 is 2.11 bits per heavy atom. The van der Waals surface area contributed by atoms with Crippen LogP contribution in [0.3, 0.4) is 0 Å². The minimum atomic E-state index is 0.203. The molecule has 1 N–H and O–H groups in total. The molecule has 0 aliphatic carbocycles. The van der Waals surface area contributed by atoms with E-state index in [0.29, 0.717) is 5.75 Å². The highest BCUT2D eigenvalue weighted by atomic mass is 16.5. The number of phenols is 1. The number of aromatic hydroxyl groups is 1. The molecular formula is C14H21NO3. The predicted octanol–water partition coefficient (Wildman–Crippen LogP) is 1.67. The summed E-state index contributed by atoms with van der Waals surface area (Å²) in [7, 11) is 1.58. The first kappa shape index (κ1) is 13.2. The van der Waals surface area contributed by atoms with Gasteiger partial charge in [-0.15, -0.1) is 0 Å². The molecule has 1 aromatic rings. The van der Waals surface area contributed by atoms with Gasteiger partial charge in [0.15, 0.2) is 11.5 Å². The number of benzene rings is 1. The number of hydrogen-bond acceptors (Lipinski definition) is 4. The van der Waals surface area contributed by atoms with E-state index in [4.69, 9.17) is 9.47 Å². The van der Waals surface area contributed by atoms with Crippen LogP contribution < -0.4 is 4.74 Å². The Bertz CT molecular complexity index is 375. The van der Waals surface area contributed by atoms with E-state index in [1.807, 2.05) is 12.1 Å². The number of phenolic OH excluding ortho intramolecular Hbond substituents is 1. The zero-order valence-electron chi connectivity index (χ0n) is 10.9. The van der Waals surface area contributed by atoms with Crippen LogP contribution in [0, 0.1) is 0 Å². The van der Waals surface area contributed by atoms with E-state index in [1.165, 1.54) is 5.56 Å². The highest BCUT2D eigenvalue weighted by Crippen LogP contribution is 2.26. The quantitative estimate of drug-likeness (QED) is 0.864. The van der Waals surface area contributed by atoms with Crippen molar-refractivity contribution in [3.63, 3.8) is 0 Å². The van der Waals surface area contributed by atoms with Crippen LogP contribution in [0.25, 0.3) is 0 Å². The molecule has 1 saturated heterocycles. The monoisotopic (exact) mass is 251 g/mol. The standard InChI is InChI=1S/C14H21NO3/c1-17-14-11-12(4-5-13(14)16)3-2-6-15-7-9-18-10-8-15/h4-5,11,16H,2-3,6-10H2,1H3. The van der Waals surface area contributed by atoms with Crippen molar-refractivity contribution >= 4 is 0 Å². The predicted molar refractivity (Wildman–Crippen MR) is 70.2 cm³/mol. The summed E-state index contributed by atoms with van der Waals surface area (Å²) in [4.78, 5) is 2.43. The van der Waals surface area contributed by atoms with Crippen molar-refractivity contribution in [1.29, 1.82) is 0 Å². The van der Waals surface area contributed by atoms with Gasteiger partial charge in [0.1, 0.15) is 0 Å². The first-order chi connectivity index (χ1) is 8.79. The Labute approximate surface area is 108 Å². The molecule has 0 amide bonds. The Balaban J connectivity index is 1.79. The number of morpholine rings is 1. The SMILES string of the molecule is COc1cc(CCCN2CCOCC2)ccc1O. The number of hydrogen-bond donors (Lipinski definition) is 1. The zero-order valence-corrected chi connectivity index (χ0v) is 10.9. The average Bonchev–Trinajstić information content (AvgIpc) is 2.42. The molecular weight excluding hydrogens is 230 g/mol. The summed E-state index contributed by atoms with van der Waals surface area (Å²) in [5, 5.41) is 9.52. The minimum absolute atomic E-state index is 0.203. The molecule has 0 aromatic heterocycles. The zero-order chi connectivity index (χ0) is 12.8. The van der Waals surface area contributed by atoms with Crippen molar-refractivity contribution in [3.8, 4) is 11.5 Å². The first-order valence-electron chi connectivity index (χ1n) is 6.45. The third kappa shape index (κ3) is 3.62. The maximum Gasteiger partial charge on any atom is 0.160 e. The first-order valence-corrected chi connectivity index (χ1v) is 6.45. The van der Waals surface area contributed by atoms with Gasteiger partial charge in [-0.25, -0.2) is 0 Å². The van der Waals surface area contributed by atoms with Crippen molar-refractivity contribution in [2.75, 3.05) is 40.0 Å². The van der Waals surface area contributed by atoms with Gasteiger partial charge in [0, 0.05) is 13.1 Å². The van der Waals surface area contributed by atoms with E-state index in [9.17, 15) is 5.11 Å². The van der Waals surface area contributed by atoms with Gasteiger partial charge in [0.05, 0.1) is 20.3 Å². The van der Waals surface area contributed by atoms with E-state index < -0.39 is 0 Å². The summed E-state index contributed by atoms with van der Waals surface area (Å²) in [6.45, 7) is 4.89. The second-order valence-electron chi connectivity index (χ2n) is 4.56. The van der Waals surface area contributed by atoms with E-state index in [0.717, 1.165) is 45.7 Å². The van der Waals surface area contributed by atoms with Crippen LogP contribution in [0.1, 0.15) is 12.0 Å². The Morgan fingerprint density at radius 1 is 1.33 bits per heavy atom. The van der Waals surface area contributed by atoms with Gasteiger partial charge in [-0.05, 0) is 37.1 Å². The fourth-order valence-electron chi connectivity index (χ4n) is 2.21. The molecule has 0 radical (unpaired) electrons. The normalized spacial score (nSPS) is 16.7. The molecule has 1 fully saturated rings. The molecule has 18 heavy (non-hydrogen) atoms. The number of aryl methyl sites for hydroxylation is 1. The smallest absolute Gasteiger partial charge is 0.160 e. The van der Waals surface area contributed by atoms with Crippen LogP contribution in [-0.2, 0) is 11.2 Å². The lowest BCUT2D eigenvalue weighted by Crippen LogP contribution is -2.36. The highest BCUT2D eigenvalue weighted by molar-refractivity contribution is 5.41. The number of rotatable bonds is 5. The summed E-state index contributed by atoms with van der Waals surface area (Å²) < 4.78 is 10.4. The molecule has 0 unspecified atom stereocenters. The fraction of sp³-hybridized carbons (Fsp3) is 0.571. The molecule has 0 atom stereocenters. The van der Waals surface area contributed by atoms with Crippen molar-refractivity contribution in [2.24, 2.45) is 0 Å². The number of nitrogens with zero attached hydrogens (tertiary/aromatic N) is 1. The molecule has 4 nitrogen and oxygen atoms in total. The Kier molecular flexibility index (Phi) is 4.84. The minimum Gasteiger partial charge on any atom is -0.504 e. The Morgan fingerprint density at radius 3 is 2.83 bits per heavy atom. The molecule has 1 heterocycles. The van der Waals surface area contributed by atoms with Gasteiger partial charge in [-0.2, -0.15) is 0 Å². The van der Waals surface area contributed by atoms with Crippen molar-refractivity contribution in [1.82, 2.24) is 4.90 Å². The molecule has 0 spiro atoms. The lowest BCUT2D eigenvalue weighted by molar-refractivity contribution is 0.0374. The van der Waals surface area contributed by atoms with Crippen LogP contribution >= 0.6 is 0 Å². The molecule has 2 rings (SSSR count). The largest absolute Gasteiger partial charge is 0.504 e. The maximum atomic E-state index is 9.52. The highest BCUT2D eigenvalue weighted by Gasteiger charge is 2.09. The fourth-order valence-corrected chi connectivity index (χ4v) is 2.21. The second kappa shape index (κ2) is 6.61. The third-order valence-corrected chi connectivity index (χ3v) is 3.29. The third-order valence-electron chi connectivity index (χ3n) is 3.29. The molecule has 1 aromatic carbocycles. The second-order valence-corrected chi connectivity index (χ2v) is 4.56. The van der Waals surface area contributed by atoms with E-state index in [2.05, 4.69) is 4.90 Å². The molecule has 1 aliphatic heterocycles. The van der Waals surface area contributed by atoms with Crippen LogP contribution in [0.2, 0.25) is 0 Å². The lowest BCUT2D eigenvalue weighted by Gasteiger charge is -2.26. The van der Waals surface area contributed by atoms with Crippen LogP contribution in [0.5, 0.6) is 11.5 Å². The van der Waals surface area contributed by atoms with Crippen molar-refractivity contribution in [3.05, 3.63) is 23.8 Å². The van der Waals surface area contributed by atoms with Crippen LogP contribution in [-0.4, -0.2) is 50.0 Å². The maximum absolute atomic E-state index is 9.52. The molecule has 0 bridgehead atoms. The molecule has 100 valence electrons. The number of ether oxygens (including phenoxy) is 2. The topological polar surface area (TPSA) is 41.9 Å². The summed E-state index contributed by atoms with van der Waals surface area (Å²) in [6.07, 6.45) is 2.13. The summed E-state index contributed by atoms with van der Waals surface area (Å²) in [6, 6.07) is 5.56. The van der Waals surface area contributed by atoms with Gasteiger partial charge >= 0.3 is 0 Å². The van der Waals surface area contributed by atoms with Crippen molar-refractivity contribution < 1.29 is 14.6 Å².